The Hall–Kier alpha value is -2.55. The molecule has 4 rings (SSSR count). The molecule has 0 radical (unpaired) electrons. The first-order chi connectivity index (χ1) is 14.5. The number of amides is 2. The molecule has 0 aliphatic carbocycles. The van der Waals surface area contributed by atoms with Crippen LogP contribution in [-0.4, -0.2) is 82.3 Å². The molecule has 2 aliphatic rings. The minimum Gasteiger partial charge on any atom is -0.342 e. The molecule has 0 saturated carbocycles. The Morgan fingerprint density at radius 1 is 0.967 bits per heavy atom. The summed E-state index contributed by atoms with van der Waals surface area (Å²) in [6, 6.07) is 4.78. The molecule has 0 atom stereocenters. The SMILES string of the molecule is O=C(CN1CCN(C(=O)c2ccc3nc(C(F)F)[nH]c3c2)CC1)N1CCCCCC1. The number of aromatic amines is 1. The van der Waals surface area contributed by atoms with Gasteiger partial charge in [-0.3, -0.25) is 14.5 Å². The third-order valence-corrected chi connectivity index (χ3v) is 5.93. The summed E-state index contributed by atoms with van der Waals surface area (Å²) in [5.74, 6) is -0.350. The number of benzene rings is 1. The zero-order chi connectivity index (χ0) is 21.1. The lowest BCUT2D eigenvalue weighted by Crippen LogP contribution is -2.51. The van der Waals surface area contributed by atoms with E-state index >= 15 is 0 Å². The van der Waals surface area contributed by atoms with Crippen LogP contribution in [-0.2, 0) is 4.79 Å². The summed E-state index contributed by atoms with van der Waals surface area (Å²) >= 11 is 0. The molecule has 2 amide bonds. The van der Waals surface area contributed by atoms with Crippen molar-refractivity contribution < 1.29 is 18.4 Å². The molecule has 30 heavy (non-hydrogen) atoms. The number of H-pyrrole nitrogens is 1. The van der Waals surface area contributed by atoms with E-state index in [1.165, 1.54) is 12.8 Å². The van der Waals surface area contributed by atoms with Crippen molar-refractivity contribution in [1.29, 1.82) is 0 Å². The Morgan fingerprint density at radius 2 is 1.67 bits per heavy atom. The molecule has 2 aliphatic heterocycles. The second kappa shape index (κ2) is 9.07. The Balaban J connectivity index is 1.32. The maximum atomic E-state index is 12.8. The van der Waals surface area contributed by atoms with Gasteiger partial charge in [0.15, 0.2) is 5.82 Å². The number of fused-ring (bicyclic) bond motifs is 1. The highest BCUT2D eigenvalue weighted by Gasteiger charge is 2.25. The molecule has 3 heterocycles. The van der Waals surface area contributed by atoms with Gasteiger partial charge in [0.25, 0.3) is 12.3 Å². The van der Waals surface area contributed by atoms with Crippen LogP contribution < -0.4 is 0 Å². The molecule has 2 saturated heterocycles. The Kier molecular flexibility index (Phi) is 6.26. The summed E-state index contributed by atoms with van der Waals surface area (Å²) in [6.07, 6.45) is 1.86. The van der Waals surface area contributed by atoms with Crippen LogP contribution in [0.3, 0.4) is 0 Å². The van der Waals surface area contributed by atoms with Crippen molar-refractivity contribution in [3.63, 3.8) is 0 Å². The molecular formula is C21H27F2N5O2. The molecule has 2 fully saturated rings. The molecule has 1 N–H and O–H groups in total. The Morgan fingerprint density at radius 3 is 2.33 bits per heavy atom. The molecule has 1 aromatic carbocycles. The molecule has 7 nitrogen and oxygen atoms in total. The van der Waals surface area contributed by atoms with Crippen molar-refractivity contribution in [1.82, 2.24) is 24.7 Å². The number of carbonyl (C=O) groups excluding carboxylic acids is 2. The molecule has 2 aromatic rings. The summed E-state index contributed by atoms with van der Waals surface area (Å²) in [6.45, 7) is 4.46. The number of nitrogens with zero attached hydrogens (tertiary/aromatic N) is 4. The van der Waals surface area contributed by atoms with E-state index in [1.54, 1.807) is 23.1 Å². The van der Waals surface area contributed by atoms with Crippen LogP contribution in [0.25, 0.3) is 11.0 Å². The van der Waals surface area contributed by atoms with Gasteiger partial charge in [0.1, 0.15) is 0 Å². The monoisotopic (exact) mass is 419 g/mol. The topological polar surface area (TPSA) is 72.5 Å². The van der Waals surface area contributed by atoms with E-state index < -0.39 is 12.2 Å². The van der Waals surface area contributed by atoms with E-state index in [2.05, 4.69) is 14.9 Å². The van der Waals surface area contributed by atoms with Crippen LogP contribution in [0.4, 0.5) is 8.78 Å². The van der Waals surface area contributed by atoms with E-state index in [-0.39, 0.29) is 11.8 Å². The fraction of sp³-hybridized carbons (Fsp3) is 0.571. The summed E-state index contributed by atoms with van der Waals surface area (Å²) in [7, 11) is 0. The Labute approximate surface area is 174 Å². The standard InChI is InChI=1S/C21H27F2N5O2/c22-19(23)20-24-16-6-5-15(13-17(16)25-20)21(30)28-11-9-26(10-12-28)14-18(29)27-7-3-1-2-4-8-27/h5-6,13,19H,1-4,7-12,14H2,(H,24,25). The molecule has 0 spiro atoms. The van der Waals surface area contributed by atoms with Gasteiger partial charge < -0.3 is 14.8 Å². The molecule has 162 valence electrons. The van der Waals surface area contributed by atoms with E-state index in [0.29, 0.717) is 49.3 Å². The number of halogens is 2. The normalized spacial score (nSPS) is 18.8. The third kappa shape index (κ3) is 4.61. The van der Waals surface area contributed by atoms with E-state index in [0.717, 1.165) is 25.9 Å². The van der Waals surface area contributed by atoms with Crippen LogP contribution in [0.2, 0.25) is 0 Å². The van der Waals surface area contributed by atoms with Crippen LogP contribution in [0.5, 0.6) is 0 Å². The lowest BCUT2D eigenvalue weighted by Gasteiger charge is -2.35. The fourth-order valence-electron chi connectivity index (χ4n) is 4.17. The molecule has 9 heteroatoms. The Bertz CT molecular complexity index is 900. The molecular weight excluding hydrogens is 392 g/mol. The summed E-state index contributed by atoms with van der Waals surface area (Å²) in [5.41, 5.74) is 1.29. The quantitative estimate of drug-likeness (QED) is 0.827. The highest BCUT2D eigenvalue weighted by atomic mass is 19.3. The van der Waals surface area contributed by atoms with Crippen LogP contribution in [0.15, 0.2) is 18.2 Å². The van der Waals surface area contributed by atoms with Crippen molar-refractivity contribution in [2.24, 2.45) is 0 Å². The van der Waals surface area contributed by atoms with E-state index in [9.17, 15) is 18.4 Å². The predicted molar refractivity (Wildman–Crippen MR) is 108 cm³/mol. The molecule has 0 unspecified atom stereocenters. The minimum absolute atomic E-state index is 0.136. The van der Waals surface area contributed by atoms with Gasteiger partial charge in [-0.25, -0.2) is 13.8 Å². The summed E-state index contributed by atoms with van der Waals surface area (Å²) in [5, 5.41) is 0. The van der Waals surface area contributed by atoms with Crippen LogP contribution in [0, 0.1) is 0 Å². The first kappa shape index (κ1) is 20.7. The zero-order valence-electron chi connectivity index (χ0n) is 16.9. The second-order valence-electron chi connectivity index (χ2n) is 8.02. The number of likely N-dealkylation sites (tertiary alicyclic amines) is 1. The highest BCUT2D eigenvalue weighted by molar-refractivity contribution is 5.97. The van der Waals surface area contributed by atoms with Crippen molar-refractivity contribution in [3.05, 3.63) is 29.6 Å². The number of carbonyl (C=O) groups is 2. The van der Waals surface area contributed by atoms with E-state index in [1.807, 2.05) is 4.90 Å². The van der Waals surface area contributed by atoms with E-state index in [4.69, 9.17) is 0 Å². The third-order valence-electron chi connectivity index (χ3n) is 5.93. The molecule has 1 aromatic heterocycles. The van der Waals surface area contributed by atoms with Crippen molar-refractivity contribution in [2.45, 2.75) is 32.1 Å². The van der Waals surface area contributed by atoms with Gasteiger partial charge in [-0.05, 0) is 31.0 Å². The first-order valence-corrected chi connectivity index (χ1v) is 10.6. The van der Waals surface area contributed by atoms with Crippen molar-refractivity contribution in [3.8, 4) is 0 Å². The maximum absolute atomic E-state index is 12.8. The largest absolute Gasteiger partial charge is 0.342 e. The van der Waals surface area contributed by atoms with Gasteiger partial charge in [-0.15, -0.1) is 0 Å². The smallest absolute Gasteiger partial charge is 0.295 e. The summed E-state index contributed by atoms with van der Waals surface area (Å²) < 4.78 is 25.6. The van der Waals surface area contributed by atoms with Gasteiger partial charge in [0.2, 0.25) is 5.91 Å². The average molecular weight is 419 g/mol. The van der Waals surface area contributed by atoms with Crippen LogP contribution >= 0.6 is 0 Å². The number of hydrogen-bond acceptors (Lipinski definition) is 4. The lowest BCUT2D eigenvalue weighted by atomic mass is 10.1. The van der Waals surface area contributed by atoms with Gasteiger partial charge >= 0.3 is 0 Å². The number of piperazine rings is 1. The number of nitrogens with one attached hydrogen (secondary N) is 1. The second-order valence-corrected chi connectivity index (χ2v) is 8.02. The maximum Gasteiger partial charge on any atom is 0.295 e. The van der Waals surface area contributed by atoms with Crippen LogP contribution in [0.1, 0.15) is 48.3 Å². The minimum atomic E-state index is -2.68. The zero-order valence-corrected chi connectivity index (χ0v) is 16.9. The van der Waals surface area contributed by atoms with Gasteiger partial charge in [-0.1, -0.05) is 12.8 Å². The van der Waals surface area contributed by atoms with Gasteiger partial charge in [-0.2, -0.15) is 0 Å². The van der Waals surface area contributed by atoms with Crippen molar-refractivity contribution >= 4 is 22.8 Å². The first-order valence-electron chi connectivity index (χ1n) is 10.6. The number of alkyl halides is 2. The fourth-order valence-corrected chi connectivity index (χ4v) is 4.17. The van der Waals surface area contributed by atoms with Gasteiger partial charge in [0, 0.05) is 44.8 Å². The predicted octanol–water partition coefficient (Wildman–Crippen LogP) is 2.66. The summed E-state index contributed by atoms with van der Waals surface area (Å²) in [4.78, 5) is 37.6. The van der Waals surface area contributed by atoms with Gasteiger partial charge in [0.05, 0.1) is 17.6 Å². The number of aromatic nitrogens is 2. The average Bonchev–Trinajstić information content (AvgIpc) is 2.99. The number of imidazole rings is 1. The lowest BCUT2D eigenvalue weighted by molar-refractivity contribution is -0.132. The van der Waals surface area contributed by atoms with Crippen molar-refractivity contribution in [2.75, 3.05) is 45.8 Å². The molecule has 0 bridgehead atoms. The highest BCUT2D eigenvalue weighted by Crippen LogP contribution is 2.21. The number of rotatable bonds is 4. The number of hydrogen-bond donors (Lipinski definition) is 1.